The van der Waals surface area contributed by atoms with Crippen LogP contribution in [0.25, 0.3) is 0 Å². The maximum atomic E-state index is 8.96. The van der Waals surface area contributed by atoms with Crippen LogP contribution in [0.4, 0.5) is 0 Å². The number of nitriles is 1. The average molecular weight is 301 g/mol. The van der Waals surface area contributed by atoms with Crippen LogP contribution in [-0.2, 0) is 6.61 Å². The molecule has 2 rings (SSSR count). The highest BCUT2D eigenvalue weighted by molar-refractivity contribution is 6.32. The number of nitrogens with zero attached hydrogens (tertiary/aromatic N) is 2. The summed E-state index contributed by atoms with van der Waals surface area (Å²) < 4.78 is 5.68. The molecule has 0 aliphatic carbocycles. The Morgan fingerprint density at radius 3 is 2.76 bits per heavy atom. The molecule has 0 aliphatic heterocycles. The van der Waals surface area contributed by atoms with E-state index >= 15 is 0 Å². The van der Waals surface area contributed by atoms with Crippen LogP contribution in [0.1, 0.15) is 16.7 Å². The standard InChI is InChI=1S/C16H13ClN2O2/c1-11-6-7-16(14(17)8-11)21-10-12-4-2-3-5-13(12)15(9-18)19-20/h2-8,20H,10H2,1H3. The maximum absolute atomic E-state index is 8.96. The first-order valence-electron chi connectivity index (χ1n) is 6.25. The zero-order valence-corrected chi connectivity index (χ0v) is 12.1. The fraction of sp³-hybridized carbons (Fsp3) is 0.125. The van der Waals surface area contributed by atoms with Crippen LogP contribution in [-0.4, -0.2) is 10.9 Å². The zero-order chi connectivity index (χ0) is 15.2. The van der Waals surface area contributed by atoms with Gasteiger partial charge in [-0.25, -0.2) is 0 Å². The highest BCUT2D eigenvalue weighted by Crippen LogP contribution is 2.26. The highest BCUT2D eigenvalue weighted by atomic mass is 35.5. The van der Waals surface area contributed by atoms with Gasteiger partial charge in [0.05, 0.1) is 5.02 Å². The molecular formula is C16H13ClN2O2. The Morgan fingerprint density at radius 2 is 2.10 bits per heavy atom. The summed E-state index contributed by atoms with van der Waals surface area (Å²) in [6.45, 7) is 2.17. The molecule has 0 amide bonds. The van der Waals surface area contributed by atoms with Crippen molar-refractivity contribution < 1.29 is 9.94 Å². The van der Waals surface area contributed by atoms with E-state index in [2.05, 4.69) is 5.16 Å². The second-order valence-electron chi connectivity index (χ2n) is 4.44. The van der Waals surface area contributed by atoms with E-state index in [4.69, 9.17) is 26.8 Å². The van der Waals surface area contributed by atoms with Crippen LogP contribution in [0.3, 0.4) is 0 Å². The summed E-state index contributed by atoms with van der Waals surface area (Å²) in [6.07, 6.45) is 0. The minimum Gasteiger partial charge on any atom is -0.487 e. The molecule has 0 bridgehead atoms. The Bertz CT molecular complexity index is 720. The minimum absolute atomic E-state index is 0.0517. The molecule has 0 atom stereocenters. The topological polar surface area (TPSA) is 65.6 Å². The fourth-order valence-electron chi connectivity index (χ4n) is 1.89. The summed E-state index contributed by atoms with van der Waals surface area (Å²) in [5.74, 6) is 0.566. The first-order chi connectivity index (χ1) is 10.2. The van der Waals surface area contributed by atoms with Crippen LogP contribution >= 0.6 is 11.6 Å². The second-order valence-corrected chi connectivity index (χ2v) is 4.85. The molecule has 2 aromatic rings. The van der Waals surface area contributed by atoms with Crippen LogP contribution in [0.2, 0.25) is 5.02 Å². The molecule has 0 saturated heterocycles. The molecule has 2 aromatic carbocycles. The SMILES string of the molecule is Cc1ccc(OCc2ccccc2C(C#N)=NO)c(Cl)c1. The van der Waals surface area contributed by atoms with Crippen LogP contribution in [0, 0.1) is 18.3 Å². The number of ether oxygens (including phenoxy) is 1. The predicted molar refractivity (Wildman–Crippen MR) is 80.9 cm³/mol. The summed E-state index contributed by atoms with van der Waals surface area (Å²) in [7, 11) is 0. The van der Waals surface area contributed by atoms with Gasteiger partial charge in [0.1, 0.15) is 18.4 Å². The minimum atomic E-state index is -0.0517. The number of benzene rings is 2. The Labute approximate surface area is 127 Å². The Morgan fingerprint density at radius 1 is 1.33 bits per heavy atom. The first kappa shape index (κ1) is 14.9. The number of hydrogen-bond acceptors (Lipinski definition) is 4. The smallest absolute Gasteiger partial charge is 0.187 e. The van der Waals surface area contributed by atoms with Crippen molar-refractivity contribution in [1.82, 2.24) is 0 Å². The lowest BCUT2D eigenvalue weighted by Crippen LogP contribution is -2.06. The van der Waals surface area contributed by atoms with Gasteiger partial charge in [-0.1, -0.05) is 47.1 Å². The quantitative estimate of drug-likeness (QED) is 0.528. The van der Waals surface area contributed by atoms with Gasteiger partial charge in [-0.2, -0.15) is 5.26 Å². The molecule has 0 unspecified atom stereocenters. The number of halogens is 1. The van der Waals surface area contributed by atoms with Crippen LogP contribution in [0.5, 0.6) is 5.75 Å². The monoisotopic (exact) mass is 300 g/mol. The largest absolute Gasteiger partial charge is 0.487 e. The van der Waals surface area contributed by atoms with Gasteiger partial charge in [-0.15, -0.1) is 0 Å². The van der Waals surface area contributed by atoms with E-state index in [9.17, 15) is 0 Å². The van der Waals surface area contributed by atoms with E-state index in [1.165, 1.54) is 0 Å². The van der Waals surface area contributed by atoms with E-state index in [1.54, 1.807) is 24.3 Å². The lowest BCUT2D eigenvalue weighted by atomic mass is 10.0. The van der Waals surface area contributed by atoms with E-state index < -0.39 is 0 Å². The number of aryl methyl sites for hydroxylation is 1. The van der Waals surface area contributed by atoms with E-state index in [0.717, 1.165) is 11.1 Å². The number of hydrogen-bond donors (Lipinski definition) is 1. The molecular weight excluding hydrogens is 288 g/mol. The van der Waals surface area contributed by atoms with Gasteiger partial charge in [0.2, 0.25) is 0 Å². The molecule has 106 valence electrons. The summed E-state index contributed by atoms with van der Waals surface area (Å²) >= 11 is 6.11. The van der Waals surface area contributed by atoms with Gasteiger partial charge in [0.25, 0.3) is 0 Å². The number of rotatable bonds is 4. The molecule has 0 radical (unpaired) electrons. The van der Waals surface area contributed by atoms with Crippen molar-refractivity contribution in [1.29, 1.82) is 5.26 Å². The summed E-state index contributed by atoms with van der Waals surface area (Å²) in [5.41, 5.74) is 2.27. The first-order valence-corrected chi connectivity index (χ1v) is 6.63. The summed E-state index contributed by atoms with van der Waals surface area (Å²) in [4.78, 5) is 0. The van der Waals surface area contributed by atoms with Crippen molar-refractivity contribution >= 4 is 17.3 Å². The fourth-order valence-corrected chi connectivity index (χ4v) is 2.18. The Hall–Kier alpha value is -2.51. The van der Waals surface area contributed by atoms with Gasteiger partial charge < -0.3 is 9.94 Å². The van der Waals surface area contributed by atoms with Crippen molar-refractivity contribution in [3.05, 3.63) is 64.2 Å². The van der Waals surface area contributed by atoms with Crippen molar-refractivity contribution in [2.24, 2.45) is 5.16 Å². The average Bonchev–Trinajstić information content (AvgIpc) is 2.49. The van der Waals surface area contributed by atoms with Gasteiger partial charge in [-0.3, -0.25) is 0 Å². The molecule has 5 heteroatoms. The van der Waals surface area contributed by atoms with Gasteiger partial charge in [-0.05, 0) is 30.2 Å². The molecule has 0 aliphatic rings. The lowest BCUT2D eigenvalue weighted by Gasteiger charge is -2.11. The normalized spacial score (nSPS) is 11.0. The summed E-state index contributed by atoms with van der Waals surface area (Å²) in [6, 6.07) is 14.5. The zero-order valence-electron chi connectivity index (χ0n) is 11.4. The second kappa shape index (κ2) is 6.78. The molecule has 21 heavy (non-hydrogen) atoms. The van der Waals surface area contributed by atoms with Gasteiger partial charge in [0, 0.05) is 5.56 Å². The predicted octanol–water partition coefficient (Wildman–Crippen LogP) is 3.93. The van der Waals surface area contributed by atoms with E-state index in [0.29, 0.717) is 16.3 Å². The molecule has 0 aromatic heterocycles. The molecule has 0 heterocycles. The maximum Gasteiger partial charge on any atom is 0.187 e. The molecule has 0 saturated carbocycles. The van der Waals surface area contributed by atoms with E-state index in [1.807, 2.05) is 31.2 Å². The molecule has 4 nitrogen and oxygen atoms in total. The van der Waals surface area contributed by atoms with E-state index in [-0.39, 0.29) is 12.3 Å². The van der Waals surface area contributed by atoms with Gasteiger partial charge in [0.15, 0.2) is 5.71 Å². The molecule has 0 fully saturated rings. The number of oxime groups is 1. The van der Waals surface area contributed by atoms with Crippen molar-refractivity contribution in [2.45, 2.75) is 13.5 Å². The Kier molecular flexibility index (Phi) is 4.81. The Balaban J connectivity index is 2.23. The third kappa shape index (κ3) is 3.53. The van der Waals surface area contributed by atoms with Gasteiger partial charge >= 0.3 is 0 Å². The van der Waals surface area contributed by atoms with Crippen molar-refractivity contribution in [3.63, 3.8) is 0 Å². The molecule has 1 N–H and O–H groups in total. The van der Waals surface area contributed by atoms with Crippen molar-refractivity contribution in [2.75, 3.05) is 0 Å². The third-order valence-electron chi connectivity index (χ3n) is 2.95. The highest BCUT2D eigenvalue weighted by Gasteiger charge is 2.10. The third-order valence-corrected chi connectivity index (χ3v) is 3.24. The van der Waals surface area contributed by atoms with Crippen LogP contribution in [0.15, 0.2) is 47.6 Å². The summed E-state index contributed by atoms with van der Waals surface area (Å²) in [5, 5.41) is 21.4. The van der Waals surface area contributed by atoms with Crippen molar-refractivity contribution in [3.8, 4) is 11.8 Å². The van der Waals surface area contributed by atoms with Crippen LogP contribution < -0.4 is 4.74 Å². The molecule has 0 spiro atoms. The lowest BCUT2D eigenvalue weighted by molar-refractivity contribution is 0.305.